The lowest BCUT2D eigenvalue weighted by atomic mass is 10.1. The molecule has 1 aliphatic rings. The summed E-state index contributed by atoms with van der Waals surface area (Å²) >= 11 is 0. The molecule has 2 aromatic carbocycles. The van der Waals surface area contributed by atoms with Crippen LogP contribution in [0.25, 0.3) is 11.5 Å². The highest BCUT2D eigenvalue weighted by Gasteiger charge is 2.31. The number of aryl methyl sites for hydroxylation is 1. The van der Waals surface area contributed by atoms with Gasteiger partial charge in [0.1, 0.15) is 50.8 Å². The maximum absolute atomic E-state index is 6.00. The Balaban J connectivity index is 1.23. The van der Waals surface area contributed by atoms with Crippen molar-refractivity contribution in [2.24, 2.45) is 0 Å². The van der Waals surface area contributed by atoms with Crippen molar-refractivity contribution in [3.8, 4) is 23.0 Å². The second-order valence-electron chi connectivity index (χ2n) is 8.22. The van der Waals surface area contributed by atoms with E-state index in [2.05, 4.69) is 36.2 Å². The van der Waals surface area contributed by atoms with Crippen LogP contribution < -0.4 is 19.3 Å². The van der Waals surface area contributed by atoms with Crippen LogP contribution in [-0.2, 0) is 0 Å². The van der Waals surface area contributed by atoms with Gasteiger partial charge in [0.25, 0.3) is 5.89 Å². The van der Waals surface area contributed by atoms with Crippen LogP contribution in [0.5, 0.6) is 11.5 Å². The van der Waals surface area contributed by atoms with Gasteiger partial charge in [-0.05, 0) is 50.2 Å². The molecule has 31 heavy (non-hydrogen) atoms. The molecule has 2 heterocycles. The molecule has 0 spiro atoms. The molecule has 0 bridgehead atoms. The lowest BCUT2D eigenvalue weighted by Crippen LogP contribution is -3.28. The van der Waals surface area contributed by atoms with E-state index in [4.69, 9.17) is 13.9 Å². The number of aromatic nitrogens is 2. The minimum atomic E-state index is 0.198. The predicted octanol–water partition coefficient (Wildman–Crippen LogP) is 0.977. The number of ether oxygens (including phenoxy) is 2. The second-order valence-corrected chi connectivity index (χ2v) is 8.22. The van der Waals surface area contributed by atoms with E-state index < -0.39 is 0 Å². The third kappa shape index (κ3) is 5.42. The van der Waals surface area contributed by atoms with Crippen LogP contribution in [0.1, 0.15) is 24.4 Å². The van der Waals surface area contributed by atoms with Crippen molar-refractivity contribution < 1.29 is 23.7 Å². The standard InChI is InChI=1S/C24H30N4O3/c1-18-4-6-20(7-5-18)24-26-25-23(31-24)19(2)28-14-12-27(13-15-28)16-17-30-22-10-8-21(29-3)9-11-22/h4-11,19H,12-17H2,1-3H3/p+2/t19-/m0/s1. The van der Waals surface area contributed by atoms with Gasteiger partial charge in [0.15, 0.2) is 6.04 Å². The maximum atomic E-state index is 6.00. The summed E-state index contributed by atoms with van der Waals surface area (Å²) in [7, 11) is 1.67. The van der Waals surface area contributed by atoms with Crippen LogP contribution in [-0.4, -0.2) is 56.6 Å². The first kappa shape index (κ1) is 21.3. The first-order chi connectivity index (χ1) is 15.1. The van der Waals surface area contributed by atoms with Gasteiger partial charge in [-0.2, -0.15) is 0 Å². The Morgan fingerprint density at radius 2 is 1.61 bits per heavy atom. The minimum Gasteiger partial charge on any atom is -0.497 e. The van der Waals surface area contributed by atoms with Crippen molar-refractivity contribution in [1.82, 2.24) is 10.2 Å². The number of nitrogens with zero attached hydrogens (tertiary/aromatic N) is 2. The Hall–Kier alpha value is -2.90. The van der Waals surface area contributed by atoms with E-state index in [0.717, 1.165) is 62.3 Å². The normalized spacial score (nSPS) is 19.7. The Morgan fingerprint density at radius 1 is 0.935 bits per heavy atom. The van der Waals surface area contributed by atoms with Crippen molar-refractivity contribution in [3.05, 3.63) is 60.0 Å². The molecule has 2 N–H and O–H groups in total. The molecule has 7 heteroatoms. The van der Waals surface area contributed by atoms with E-state index >= 15 is 0 Å². The summed E-state index contributed by atoms with van der Waals surface area (Å²) in [4.78, 5) is 3.08. The van der Waals surface area contributed by atoms with Crippen LogP contribution in [0.4, 0.5) is 0 Å². The number of piperazine rings is 1. The van der Waals surface area contributed by atoms with Crippen LogP contribution in [0.2, 0.25) is 0 Å². The molecule has 1 fully saturated rings. The summed E-state index contributed by atoms with van der Waals surface area (Å²) < 4.78 is 17.1. The Labute approximate surface area is 183 Å². The van der Waals surface area contributed by atoms with Crippen molar-refractivity contribution in [3.63, 3.8) is 0 Å². The molecule has 1 atom stereocenters. The molecule has 1 aromatic heterocycles. The molecule has 0 aliphatic carbocycles. The number of methoxy groups -OCH3 is 1. The Bertz CT molecular complexity index is 948. The topological polar surface area (TPSA) is 66.3 Å². The number of nitrogens with one attached hydrogen (secondary N) is 2. The summed E-state index contributed by atoms with van der Waals surface area (Å²) in [6.45, 7) is 10.4. The maximum Gasteiger partial charge on any atom is 0.274 e. The van der Waals surface area contributed by atoms with Gasteiger partial charge in [0.2, 0.25) is 5.89 Å². The number of benzene rings is 2. The molecular weight excluding hydrogens is 392 g/mol. The fourth-order valence-corrected chi connectivity index (χ4v) is 3.99. The molecule has 0 saturated carbocycles. The summed E-state index contributed by atoms with van der Waals surface area (Å²) in [5.41, 5.74) is 2.19. The lowest BCUT2D eigenvalue weighted by molar-refractivity contribution is -1.03. The molecule has 164 valence electrons. The van der Waals surface area contributed by atoms with E-state index in [1.165, 1.54) is 10.5 Å². The van der Waals surface area contributed by atoms with Crippen LogP contribution >= 0.6 is 0 Å². The highest BCUT2D eigenvalue weighted by atomic mass is 16.5. The zero-order chi connectivity index (χ0) is 21.6. The summed E-state index contributed by atoms with van der Waals surface area (Å²) in [5, 5.41) is 8.60. The summed E-state index contributed by atoms with van der Waals surface area (Å²) in [6.07, 6.45) is 0. The highest BCUT2D eigenvalue weighted by Crippen LogP contribution is 2.20. The molecule has 7 nitrogen and oxygen atoms in total. The van der Waals surface area contributed by atoms with Crippen LogP contribution in [0.15, 0.2) is 52.9 Å². The average Bonchev–Trinajstić information content (AvgIpc) is 3.30. The third-order valence-electron chi connectivity index (χ3n) is 6.11. The zero-order valence-electron chi connectivity index (χ0n) is 18.6. The fraction of sp³-hybridized carbons (Fsp3) is 0.417. The average molecular weight is 425 g/mol. The van der Waals surface area contributed by atoms with Gasteiger partial charge in [0, 0.05) is 5.56 Å². The Morgan fingerprint density at radius 3 is 2.29 bits per heavy atom. The molecule has 0 amide bonds. The summed E-state index contributed by atoms with van der Waals surface area (Å²) in [5.74, 6) is 3.05. The minimum absolute atomic E-state index is 0.198. The van der Waals surface area contributed by atoms with Crippen molar-refractivity contribution in [2.75, 3.05) is 46.4 Å². The molecule has 1 aliphatic heterocycles. The first-order valence-corrected chi connectivity index (χ1v) is 11.0. The van der Waals surface area contributed by atoms with E-state index in [9.17, 15) is 0 Å². The van der Waals surface area contributed by atoms with Gasteiger partial charge >= 0.3 is 0 Å². The van der Waals surface area contributed by atoms with Gasteiger partial charge in [-0.1, -0.05) is 17.7 Å². The van der Waals surface area contributed by atoms with Gasteiger partial charge in [-0.3, -0.25) is 0 Å². The number of hydrogen-bond acceptors (Lipinski definition) is 5. The SMILES string of the molecule is COc1ccc(OCC[NH+]2CC[NH+]([C@@H](C)c3nnc(-c4ccc(C)cc4)o3)CC2)cc1. The quantitative estimate of drug-likeness (QED) is 0.564. The fourth-order valence-electron chi connectivity index (χ4n) is 3.99. The molecule has 0 radical (unpaired) electrons. The largest absolute Gasteiger partial charge is 0.497 e. The number of rotatable bonds is 8. The van der Waals surface area contributed by atoms with Crippen molar-refractivity contribution in [2.45, 2.75) is 19.9 Å². The van der Waals surface area contributed by atoms with Crippen LogP contribution in [0.3, 0.4) is 0 Å². The third-order valence-corrected chi connectivity index (χ3v) is 6.11. The van der Waals surface area contributed by atoms with E-state index in [1.54, 1.807) is 12.0 Å². The monoisotopic (exact) mass is 424 g/mol. The van der Waals surface area contributed by atoms with Crippen LogP contribution in [0, 0.1) is 6.92 Å². The highest BCUT2D eigenvalue weighted by molar-refractivity contribution is 5.52. The van der Waals surface area contributed by atoms with Crippen molar-refractivity contribution >= 4 is 0 Å². The van der Waals surface area contributed by atoms with Gasteiger partial charge in [-0.25, -0.2) is 0 Å². The molecule has 1 saturated heterocycles. The molecule has 0 unspecified atom stereocenters. The zero-order valence-corrected chi connectivity index (χ0v) is 18.6. The molecule has 3 aromatic rings. The Kier molecular flexibility index (Phi) is 6.84. The van der Waals surface area contributed by atoms with Gasteiger partial charge in [0.05, 0.1) is 7.11 Å². The van der Waals surface area contributed by atoms with E-state index in [-0.39, 0.29) is 6.04 Å². The van der Waals surface area contributed by atoms with Gasteiger partial charge in [-0.15, -0.1) is 10.2 Å². The smallest absolute Gasteiger partial charge is 0.274 e. The number of quaternary nitrogens is 2. The van der Waals surface area contributed by atoms with Gasteiger partial charge < -0.3 is 23.7 Å². The second kappa shape index (κ2) is 9.94. The predicted molar refractivity (Wildman–Crippen MR) is 118 cm³/mol. The van der Waals surface area contributed by atoms with E-state index in [0.29, 0.717) is 5.89 Å². The molecule has 4 rings (SSSR count). The first-order valence-electron chi connectivity index (χ1n) is 11.0. The van der Waals surface area contributed by atoms with E-state index in [1.807, 2.05) is 36.4 Å². The lowest BCUT2D eigenvalue weighted by Gasteiger charge is -2.31. The molecular formula is C24H32N4O3+2. The van der Waals surface area contributed by atoms with Crippen molar-refractivity contribution in [1.29, 1.82) is 0 Å². The summed E-state index contributed by atoms with van der Waals surface area (Å²) in [6, 6.07) is 16.1. The number of hydrogen-bond donors (Lipinski definition) is 2.